The van der Waals surface area contributed by atoms with E-state index in [1.165, 1.54) is 35.5 Å². The fourth-order valence-electron chi connectivity index (χ4n) is 2.78. The van der Waals surface area contributed by atoms with E-state index < -0.39 is 0 Å². The van der Waals surface area contributed by atoms with Crippen molar-refractivity contribution in [2.75, 3.05) is 6.54 Å². The molecule has 1 N–H and O–H groups in total. The largest absolute Gasteiger partial charge is 0.313 e. The predicted octanol–water partition coefficient (Wildman–Crippen LogP) is 2.86. The molecule has 0 fully saturated rings. The van der Waals surface area contributed by atoms with Crippen LogP contribution in [0, 0.1) is 0 Å². The van der Waals surface area contributed by atoms with Gasteiger partial charge in [0.15, 0.2) is 0 Å². The van der Waals surface area contributed by atoms with Gasteiger partial charge in [-0.05, 0) is 49.9 Å². The molecule has 1 aliphatic carbocycles. The Kier molecular flexibility index (Phi) is 3.65. The van der Waals surface area contributed by atoms with Crippen molar-refractivity contribution in [2.24, 2.45) is 0 Å². The third-order valence-electron chi connectivity index (χ3n) is 3.80. The number of rotatable bonds is 4. The van der Waals surface area contributed by atoms with Gasteiger partial charge in [-0.15, -0.1) is 0 Å². The van der Waals surface area contributed by atoms with Crippen molar-refractivity contribution in [2.45, 2.75) is 39.2 Å². The Balaban J connectivity index is 1.91. The monoisotopic (exact) mass is 255 g/mol. The summed E-state index contributed by atoms with van der Waals surface area (Å²) < 4.78 is 2.27. The molecule has 1 aliphatic rings. The maximum atomic E-state index is 4.57. The van der Waals surface area contributed by atoms with Gasteiger partial charge < -0.3 is 9.88 Å². The van der Waals surface area contributed by atoms with Crippen molar-refractivity contribution in [1.82, 2.24) is 14.9 Å². The lowest BCUT2D eigenvalue weighted by molar-refractivity contribution is 0.655. The quantitative estimate of drug-likeness (QED) is 0.910. The molecular weight excluding hydrogens is 234 g/mol. The van der Waals surface area contributed by atoms with Crippen LogP contribution < -0.4 is 5.32 Å². The average molecular weight is 255 g/mol. The zero-order chi connectivity index (χ0) is 13.1. The number of benzene rings is 1. The van der Waals surface area contributed by atoms with Crippen LogP contribution in [0.4, 0.5) is 0 Å². The molecule has 100 valence electrons. The highest BCUT2D eigenvalue weighted by atomic mass is 15.1. The van der Waals surface area contributed by atoms with Crippen LogP contribution >= 0.6 is 0 Å². The second-order valence-corrected chi connectivity index (χ2v) is 5.17. The van der Waals surface area contributed by atoms with Gasteiger partial charge in [0, 0.05) is 17.9 Å². The third-order valence-corrected chi connectivity index (χ3v) is 3.80. The summed E-state index contributed by atoms with van der Waals surface area (Å²) >= 11 is 0. The van der Waals surface area contributed by atoms with Crippen molar-refractivity contribution in [3.63, 3.8) is 0 Å². The van der Waals surface area contributed by atoms with E-state index in [0.717, 1.165) is 25.9 Å². The molecule has 3 nitrogen and oxygen atoms in total. The summed E-state index contributed by atoms with van der Waals surface area (Å²) in [7, 11) is 0. The first-order chi connectivity index (χ1) is 9.38. The number of hydrogen-bond acceptors (Lipinski definition) is 2. The lowest BCUT2D eigenvalue weighted by atomic mass is 10.0. The summed E-state index contributed by atoms with van der Waals surface area (Å²) in [6, 6.07) is 8.75. The van der Waals surface area contributed by atoms with Gasteiger partial charge >= 0.3 is 0 Å². The van der Waals surface area contributed by atoms with Crippen LogP contribution in [-0.4, -0.2) is 16.1 Å². The lowest BCUT2D eigenvalue weighted by Crippen LogP contribution is -2.12. The highest BCUT2D eigenvalue weighted by Gasteiger charge is 2.15. The number of nitrogens with one attached hydrogen (secondary N) is 1. The molecule has 19 heavy (non-hydrogen) atoms. The highest BCUT2D eigenvalue weighted by Crippen LogP contribution is 2.23. The Labute approximate surface area is 114 Å². The molecule has 1 heterocycles. The molecule has 3 rings (SSSR count). The molecule has 1 aromatic heterocycles. The van der Waals surface area contributed by atoms with Gasteiger partial charge in [0.1, 0.15) is 0 Å². The van der Waals surface area contributed by atoms with Crippen LogP contribution in [0.2, 0.25) is 0 Å². The summed E-state index contributed by atoms with van der Waals surface area (Å²) in [5.74, 6) is 0. The van der Waals surface area contributed by atoms with E-state index in [-0.39, 0.29) is 0 Å². The standard InChI is InChI=1S/C16H21N3/c1-2-17-11-13-6-5-7-14(10-13)19-12-18-15-8-3-4-9-16(15)19/h5-7,10,12,17H,2-4,8-9,11H2,1H3. The van der Waals surface area contributed by atoms with Gasteiger partial charge in [0.2, 0.25) is 0 Å². The van der Waals surface area contributed by atoms with Crippen LogP contribution in [-0.2, 0) is 19.4 Å². The SMILES string of the molecule is CCNCc1cccc(-n2cnc3c2CCCC3)c1. The summed E-state index contributed by atoms with van der Waals surface area (Å²) in [5.41, 5.74) is 5.28. The minimum atomic E-state index is 0.932. The first-order valence-electron chi connectivity index (χ1n) is 7.23. The van der Waals surface area contributed by atoms with Crippen molar-refractivity contribution >= 4 is 0 Å². The van der Waals surface area contributed by atoms with Gasteiger partial charge in [-0.1, -0.05) is 19.1 Å². The molecule has 2 aromatic rings. The van der Waals surface area contributed by atoms with Crippen LogP contribution in [0.1, 0.15) is 36.7 Å². The molecule has 0 saturated heterocycles. The molecule has 0 amide bonds. The Morgan fingerprint density at radius 2 is 2.16 bits per heavy atom. The lowest BCUT2D eigenvalue weighted by Gasteiger charge is -2.14. The predicted molar refractivity (Wildman–Crippen MR) is 77.6 cm³/mol. The third kappa shape index (κ3) is 2.56. The summed E-state index contributed by atoms with van der Waals surface area (Å²) in [4.78, 5) is 4.57. The maximum Gasteiger partial charge on any atom is 0.0997 e. The van der Waals surface area contributed by atoms with Crippen LogP contribution in [0.3, 0.4) is 0 Å². The van der Waals surface area contributed by atoms with Crippen molar-refractivity contribution in [3.8, 4) is 5.69 Å². The van der Waals surface area contributed by atoms with Crippen LogP contribution in [0.15, 0.2) is 30.6 Å². The van der Waals surface area contributed by atoms with Gasteiger partial charge in [-0.25, -0.2) is 4.98 Å². The van der Waals surface area contributed by atoms with Crippen molar-refractivity contribution in [1.29, 1.82) is 0 Å². The van der Waals surface area contributed by atoms with Crippen molar-refractivity contribution < 1.29 is 0 Å². The zero-order valence-corrected chi connectivity index (χ0v) is 11.5. The molecule has 1 aromatic carbocycles. The summed E-state index contributed by atoms with van der Waals surface area (Å²) in [6.45, 7) is 4.07. The van der Waals surface area contributed by atoms with Crippen LogP contribution in [0.5, 0.6) is 0 Å². The molecule has 0 unspecified atom stereocenters. The normalized spacial score (nSPS) is 14.4. The number of fused-ring (bicyclic) bond motifs is 1. The molecule has 0 saturated carbocycles. The molecule has 0 spiro atoms. The molecule has 0 radical (unpaired) electrons. The average Bonchev–Trinajstić information content (AvgIpc) is 2.89. The number of imidazole rings is 1. The van der Waals surface area contributed by atoms with E-state index >= 15 is 0 Å². The van der Waals surface area contributed by atoms with E-state index in [0.29, 0.717) is 0 Å². The number of aryl methyl sites for hydroxylation is 1. The minimum absolute atomic E-state index is 0.932. The van der Waals surface area contributed by atoms with E-state index in [1.54, 1.807) is 0 Å². The second kappa shape index (κ2) is 5.57. The van der Waals surface area contributed by atoms with Gasteiger partial charge in [0.25, 0.3) is 0 Å². The van der Waals surface area contributed by atoms with Crippen molar-refractivity contribution in [3.05, 3.63) is 47.5 Å². The van der Waals surface area contributed by atoms with E-state index in [4.69, 9.17) is 0 Å². The Bertz CT molecular complexity index is 557. The smallest absolute Gasteiger partial charge is 0.0997 e. The molecule has 0 bridgehead atoms. The first kappa shape index (κ1) is 12.4. The fraction of sp³-hybridized carbons (Fsp3) is 0.438. The van der Waals surface area contributed by atoms with Gasteiger partial charge in [-0.3, -0.25) is 0 Å². The summed E-state index contributed by atoms with van der Waals surface area (Å²) in [5, 5.41) is 3.37. The topological polar surface area (TPSA) is 29.9 Å². The maximum absolute atomic E-state index is 4.57. The Morgan fingerprint density at radius 1 is 1.26 bits per heavy atom. The Morgan fingerprint density at radius 3 is 3.05 bits per heavy atom. The van der Waals surface area contributed by atoms with E-state index in [9.17, 15) is 0 Å². The number of aromatic nitrogens is 2. The van der Waals surface area contributed by atoms with E-state index in [2.05, 4.69) is 46.1 Å². The Hall–Kier alpha value is -1.61. The summed E-state index contributed by atoms with van der Waals surface area (Å²) in [6.07, 6.45) is 6.86. The number of hydrogen-bond donors (Lipinski definition) is 1. The first-order valence-corrected chi connectivity index (χ1v) is 7.23. The molecular formula is C16H21N3. The van der Waals surface area contributed by atoms with Crippen LogP contribution in [0.25, 0.3) is 5.69 Å². The van der Waals surface area contributed by atoms with Gasteiger partial charge in [0.05, 0.1) is 12.0 Å². The molecule has 0 atom stereocenters. The highest BCUT2D eigenvalue weighted by molar-refractivity contribution is 5.39. The minimum Gasteiger partial charge on any atom is -0.313 e. The fourth-order valence-corrected chi connectivity index (χ4v) is 2.78. The second-order valence-electron chi connectivity index (χ2n) is 5.17. The number of nitrogens with zero attached hydrogens (tertiary/aromatic N) is 2. The molecule has 3 heteroatoms. The molecule has 0 aliphatic heterocycles. The van der Waals surface area contributed by atoms with Gasteiger partial charge in [-0.2, -0.15) is 0 Å². The zero-order valence-electron chi connectivity index (χ0n) is 11.5. The van der Waals surface area contributed by atoms with E-state index in [1.807, 2.05) is 6.33 Å².